The minimum atomic E-state index is -0.889. The highest BCUT2D eigenvalue weighted by Gasteiger charge is 2.27. The molecule has 0 spiro atoms. The Hall–Kier alpha value is -3.29. The van der Waals surface area contributed by atoms with E-state index in [0.717, 1.165) is 11.3 Å². The van der Waals surface area contributed by atoms with Crippen LogP contribution in [-0.2, 0) is 20.7 Å². The van der Waals surface area contributed by atoms with Gasteiger partial charge in [0, 0.05) is 6.54 Å². The van der Waals surface area contributed by atoms with Gasteiger partial charge in [-0.05, 0) is 42.2 Å². The third kappa shape index (κ3) is 6.99. The number of hydrogen-bond donors (Lipinski definition) is 2. The van der Waals surface area contributed by atoms with Crippen molar-refractivity contribution >= 4 is 17.8 Å². The van der Waals surface area contributed by atoms with Crippen LogP contribution >= 0.6 is 0 Å². The van der Waals surface area contributed by atoms with Crippen LogP contribution < -0.4 is 15.4 Å². The van der Waals surface area contributed by atoms with Crippen LogP contribution in [0.2, 0.25) is 0 Å². The molecule has 0 fully saturated rings. The summed E-state index contributed by atoms with van der Waals surface area (Å²) in [4.78, 5) is 36.3. The second-order valence-corrected chi connectivity index (χ2v) is 6.73. The molecule has 1 heterocycles. The molecule has 0 saturated carbocycles. The average Bonchev–Trinajstić information content (AvgIpc) is 3.25. The molecule has 8 nitrogen and oxygen atoms in total. The first-order valence-corrected chi connectivity index (χ1v) is 9.31. The monoisotopic (exact) mass is 402 g/mol. The molecule has 0 aliphatic rings. The predicted molar refractivity (Wildman–Crippen MR) is 105 cm³/mol. The lowest BCUT2D eigenvalue weighted by Crippen LogP contribution is -2.46. The van der Waals surface area contributed by atoms with Gasteiger partial charge in [0.2, 0.25) is 0 Å². The van der Waals surface area contributed by atoms with Gasteiger partial charge in [-0.3, -0.25) is 9.59 Å². The number of hydrogen-bond acceptors (Lipinski definition) is 6. The molecule has 2 rings (SSSR count). The van der Waals surface area contributed by atoms with Crippen molar-refractivity contribution in [3.63, 3.8) is 0 Å². The van der Waals surface area contributed by atoms with Crippen LogP contribution in [0.4, 0.5) is 0 Å². The molecule has 8 heteroatoms. The maximum Gasteiger partial charge on any atom is 0.329 e. The summed E-state index contributed by atoms with van der Waals surface area (Å²) in [6, 6.07) is 9.71. The smallest absolute Gasteiger partial charge is 0.329 e. The molecule has 1 aromatic carbocycles. The predicted octanol–water partition coefficient (Wildman–Crippen LogP) is 1.94. The minimum absolute atomic E-state index is 0.0970. The quantitative estimate of drug-likeness (QED) is 0.588. The molecule has 29 heavy (non-hydrogen) atoms. The number of carbonyl (C=O) groups is 3. The molecule has 0 saturated heterocycles. The summed E-state index contributed by atoms with van der Waals surface area (Å²) < 4.78 is 15.2. The van der Waals surface area contributed by atoms with Crippen molar-refractivity contribution in [3.05, 3.63) is 54.0 Å². The Morgan fingerprint density at radius 3 is 2.41 bits per heavy atom. The number of ether oxygens (including phenoxy) is 2. The van der Waals surface area contributed by atoms with Crippen LogP contribution in [0.3, 0.4) is 0 Å². The van der Waals surface area contributed by atoms with E-state index < -0.39 is 30.4 Å². The standard InChI is InChI=1S/C21H26N2O6/c1-14(2)19(23-20(25)17-5-4-12-28-17)21(26)29-13-18(24)22-11-10-15-6-8-16(27-3)9-7-15/h4-9,12,14,19H,10-11,13H2,1-3H3,(H,22,24)(H,23,25)/t19-/m0/s1. The van der Waals surface area contributed by atoms with Gasteiger partial charge in [0.15, 0.2) is 12.4 Å². The van der Waals surface area contributed by atoms with Crippen molar-refractivity contribution in [2.75, 3.05) is 20.3 Å². The molecule has 156 valence electrons. The van der Waals surface area contributed by atoms with E-state index in [0.29, 0.717) is 13.0 Å². The summed E-state index contributed by atoms with van der Waals surface area (Å²) in [7, 11) is 1.60. The van der Waals surface area contributed by atoms with Crippen LogP contribution in [-0.4, -0.2) is 44.1 Å². The van der Waals surface area contributed by atoms with E-state index in [2.05, 4.69) is 10.6 Å². The van der Waals surface area contributed by atoms with Crippen LogP contribution in [0.5, 0.6) is 5.75 Å². The van der Waals surface area contributed by atoms with Crippen LogP contribution in [0.1, 0.15) is 30.0 Å². The first-order valence-electron chi connectivity index (χ1n) is 9.31. The van der Waals surface area contributed by atoms with Gasteiger partial charge in [-0.25, -0.2) is 4.79 Å². The molecule has 2 aromatic rings. The third-order valence-corrected chi connectivity index (χ3v) is 4.19. The van der Waals surface area contributed by atoms with Gasteiger partial charge < -0.3 is 24.5 Å². The number of benzene rings is 1. The largest absolute Gasteiger partial charge is 0.497 e. The van der Waals surface area contributed by atoms with Crippen molar-refractivity contribution in [3.8, 4) is 5.75 Å². The molecule has 0 radical (unpaired) electrons. The van der Waals surface area contributed by atoms with E-state index in [1.807, 2.05) is 24.3 Å². The maximum absolute atomic E-state index is 12.3. The first kappa shape index (κ1) is 22.0. The van der Waals surface area contributed by atoms with E-state index in [9.17, 15) is 14.4 Å². The Balaban J connectivity index is 1.74. The fourth-order valence-electron chi connectivity index (χ4n) is 2.53. The summed E-state index contributed by atoms with van der Waals surface area (Å²) in [6.45, 7) is 3.53. The second-order valence-electron chi connectivity index (χ2n) is 6.73. The highest BCUT2D eigenvalue weighted by Crippen LogP contribution is 2.11. The molecule has 2 N–H and O–H groups in total. The van der Waals surface area contributed by atoms with E-state index in [1.54, 1.807) is 27.0 Å². The van der Waals surface area contributed by atoms with Gasteiger partial charge in [-0.15, -0.1) is 0 Å². The number of amides is 2. The first-order chi connectivity index (χ1) is 13.9. The molecule has 0 unspecified atom stereocenters. The van der Waals surface area contributed by atoms with E-state index in [1.165, 1.54) is 12.3 Å². The lowest BCUT2D eigenvalue weighted by atomic mass is 10.0. The molecule has 0 bridgehead atoms. The number of furan rings is 1. The zero-order valence-electron chi connectivity index (χ0n) is 16.8. The Labute approximate surface area is 169 Å². The SMILES string of the molecule is COc1ccc(CCNC(=O)COC(=O)[C@@H](NC(=O)c2ccco2)C(C)C)cc1. The zero-order valence-corrected chi connectivity index (χ0v) is 16.8. The van der Waals surface area contributed by atoms with E-state index >= 15 is 0 Å². The second kappa shape index (κ2) is 10.9. The fraction of sp³-hybridized carbons (Fsp3) is 0.381. The minimum Gasteiger partial charge on any atom is -0.497 e. The Kier molecular flexibility index (Phi) is 8.27. The van der Waals surface area contributed by atoms with Gasteiger partial charge in [0.25, 0.3) is 11.8 Å². The summed E-state index contributed by atoms with van der Waals surface area (Å²) in [5.41, 5.74) is 1.05. The molecule has 1 atom stereocenters. The Morgan fingerprint density at radius 1 is 1.10 bits per heavy atom. The summed E-state index contributed by atoms with van der Waals surface area (Å²) in [5.74, 6) is -0.964. The van der Waals surface area contributed by atoms with Gasteiger partial charge in [-0.2, -0.15) is 0 Å². The zero-order chi connectivity index (χ0) is 21.2. The summed E-state index contributed by atoms with van der Waals surface area (Å²) >= 11 is 0. The maximum atomic E-state index is 12.3. The number of methoxy groups -OCH3 is 1. The van der Waals surface area contributed by atoms with Crippen LogP contribution in [0.15, 0.2) is 47.1 Å². The van der Waals surface area contributed by atoms with Gasteiger partial charge in [0.05, 0.1) is 13.4 Å². The molecular formula is C21H26N2O6. The van der Waals surface area contributed by atoms with Crippen molar-refractivity contribution in [2.24, 2.45) is 5.92 Å². The van der Waals surface area contributed by atoms with Gasteiger partial charge in [-0.1, -0.05) is 26.0 Å². The fourth-order valence-corrected chi connectivity index (χ4v) is 2.53. The van der Waals surface area contributed by atoms with Crippen molar-refractivity contribution in [1.29, 1.82) is 0 Å². The molecule has 2 amide bonds. The topological polar surface area (TPSA) is 107 Å². The number of carbonyl (C=O) groups excluding carboxylic acids is 3. The lowest BCUT2D eigenvalue weighted by Gasteiger charge is -2.20. The summed E-state index contributed by atoms with van der Waals surface area (Å²) in [6.07, 6.45) is 2.01. The van der Waals surface area contributed by atoms with E-state index in [-0.39, 0.29) is 11.7 Å². The summed E-state index contributed by atoms with van der Waals surface area (Å²) in [5, 5.41) is 5.26. The third-order valence-electron chi connectivity index (χ3n) is 4.19. The normalized spacial score (nSPS) is 11.6. The van der Waals surface area contributed by atoms with Gasteiger partial charge in [0.1, 0.15) is 11.8 Å². The van der Waals surface area contributed by atoms with Crippen molar-refractivity contribution < 1.29 is 28.3 Å². The number of nitrogens with one attached hydrogen (secondary N) is 2. The number of rotatable bonds is 10. The molecule has 1 aromatic heterocycles. The van der Waals surface area contributed by atoms with Crippen LogP contribution in [0, 0.1) is 5.92 Å². The van der Waals surface area contributed by atoms with Gasteiger partial charge >= 0.3 is 5.97 Å². The molecule has 0 aliphatic heterocycles. The molecule has 0 aliphatic carbocycles. The van der Waals surface area contributed by atoms with E-state index in [4.69, 9.17) is 13.9 Å². The van der Waals surface area contributed by atoms with Crippen molar-refractivity contribution in [1.82, 2.24) is 10.6 Å². The Morgan fingerprint density at radius 2 is 1.83 bits per heavy atom. The van der Waals surface area contributed by atoms with Crippen molar-refractivity contribution in [2.45, 2.75) is 26.3 Å². The molecular weight excluding hydrogens is 376 g/mol. The highest BCUT2D eigenvalue weighted by molar-refractivity contribution is 5.94. The van der Waals surface area contributed by atoms with Crippen LogP contribution in [0.25, 0.3) is 0 Å². The highest BCUT2D eigenvalue weighted by atomic mass is 16.5. The lowest BCUT2D eigenvalue weighted by molar-refractivity contribution is -0.151. The number of esters is 1. The average molecular weight is 402 g/mol. The Bertz CT molecular complexity index is 799.